The maximum absolute atomic E-state index is 14.5. The molecule has 0 fully saturated rings. The van der Waals surface area contributed by atoms with Crippen LogP contribution in [0.5, 0.6) is 11.5 Å². The number of rotatable bonds is 24. The van der Waals surface area contributed by atoms with Gasteiger partial charge in [-0.15, -0.1) is 0 Å². The summed E-state index contributed by atoms with van der Waals surface area (Å²) in [5.74, 6) is -1.23. The summed E-state index contributed by atoms with van der Waals surface area (Å²) in [6, 6.07) is 10.4. The van der Waals surface area contributed by atoms with Gasteiger partial charge < -0.3 is 14.2 Å². The maximum atomic E-state index is 14.5. The predicted molar refractivity (Wildman–Crippen MR) is 173 cm³/mol. The average Bonchev–Trinajstić information content (AvgIpc) is 3.01. The van der Waals surface area contributed by atoms with E-state index in [1.807, 2.05) is 13.8 Å². The van der Waals surface area contributed by atoms with Crippen LogP contribution in [0.1, 0.15) is 151 Å². The van der Waals surface area contributed by atoms with Crippen LogP contribution in [0, 0.1) is 11.7 Å². The first kappa shape index (κ1) is 36.3. The molecule has 0 spiro atoms. The first-order valence-corrected chi connectivity index (χ1v) is 16.9. The van der Waals surface area contributed by atoms with Crippen molar-refractivity contribution in [2.24, 2.45) is 5.92 Å². The molecule has 0 heterocycles. The van der Waals surface area contributed by atoms with E-state index in [1.165, 1.54) is 102 Å². The zero-order valence-corrected chi connectivity index (χ0v) is 27.0. The van der Waals surface area contributed by atoms with Crippen LogP contribution in [-0.4, -0.2) is 25.2 Å². The summed E-state index contributed by atoms with van der Waals surface area (Å²) < 4.78 is 30.7. The smallest absolute Gasteiger partial charge is 0.343 e. The van der Waals surface area contributed by atoms with Gasteiger partial charge in [0.15, 0.2) is 0 Å². The largest absolute Gasteiger partial charge is 0.494 e. The first-order valence-electron chi connectivity index (χ1n) is 16.9. The van der Waals surface area contributed by atoms with Crippen LogP contribution in [0.3, 0.4) is 0 Å². The fourth-order valence-electron chi connectivity index (χ4n) is 4.83. The second kappa shape index (κ2) is 22.6. The molecule has 0 aliphatic heterocycles. The van der Waals surface area contributed by atoms with Gasteiger partial charge in [0.1, 0.15) is 17.3 Å². The molecule has 2 aromatic rings. The van der Waals surface area contributed by atoms with E-state index in [4.69, 9.17) is 14.2 Å². The molecule has 1 unspecified atom stereocenters. The van der Waals surface area contributed by atoms with E-state index in [-0.39, 0.29) is 23.8 Å². The van der Waals surface area contributed by atoms with Crippen LogP contribution in [0.25, 0.3) is 0 Å². The molecule has 6 heteroatoms. The Hall–Kier alpha value is -2.89. The van der Waals surface area contributed by atoms with E-state index < -0.39 is 17.8 Å². The Labute approximate surface area is 259 Å². The Bertz CT molecular complexity index is 1040. The molecule has 240 valence electrons. The minimum Gasteiger partial charge on any atom is -0.494 e. The molecule has 0 aliphatic rings. The average molecular weight is 599 g/mol. The number of esters is 2. The number of carbonyl (C=O) groups is 2. The predicted octanol–water partition coefficient (Wildman–Crippen LogP) is 10.9. The number of unbranched alkanes of at least 4 members (excludes halogenated alkanes) is 15. The summed E-state index contributed by atoms with van der Waals surface area (Å²) in [7, 11) is 0. The van der Waals surface area contributed by atoms with E-state index in [0.29, 0.717) is 17.9 Å². The molecule has 5 nitrogen and oxygen atoms in total. The zero-order valence-electron chi connectivity index (χ0n) is 27.0. The summed E-state index contributed by atoms with van der Waals surface area (Å²) >= 11 is 0. The molecular formula is C37H55FO5. The van der Waals surface area contributed by atoms with E-state index in [2.05, 4.69) is 6.92 Å². The van der Waals surface area contributed by atoms with Crippen LogP contribution in [0.2, 0.25) is 0 Å². The van der Waals surface area contributed by atoms with Crippen LogP contribution in [0.4, 0.5) is 4.39 Å². The topological polar surface area (TPSA) is 61.8 Å². The fourth-order valence-corrected chi connectivity index (χ4v) is 4.83. The Morgan fingerprint density at radius 3 is 1.70 bits per heavy atom. The van der Waals surface area contributed by atoms with Gasteiger partial charge in [-0.05, 0) is 48.7 Å². The minimum absolute atomic E-state index is 0.0183. The highest BCUT2D eigenvalue weighted by atomic mass is 19.1. The lowest BCUT2D eigenvalue weighted by Crippen LogP contribution is -2.13. The molecule has 0 bridgehead atoms. The van der Waals surface area contributed by atoms with Gasteiger partial charge in [0.2, 0.25) is 0 Å². The second-order valence-corrected chi connectivity index (χ2v) is 11.8. The van der Waals surface area contributed by atoms with Crippen molar-refractivity contribution >= 4 is 11.9 Å². The molecule has 0 radical (unpaired) electrons. The van der Waals surface area contributed by atoms with Crippen LogP contribution in [0.15, 0.2) is 42.5 Å². The molecule has 0 aromatic heterocycles. The number of benzene rings is 2. The summed E-state index contributed by atoms with van der Waals surface area (Å²) in [5, 5.41) is 0. The van der Waals surface area contributed by atoms with Gasteiger partial charge in [0.05, 0.1) is 24.3 Å². The van der Waals surface area contributed by atoms with Crippen LogP contribution < -0.4 is 9.47 Å². The Kier molecular flexibility index (Phi) is 19.1. The summed E-state index contributed by atoms with van der Waals surface area (Å²) in [6.07, 6.45) is 22.2. The van der Waals surface area contributed by atoms with Crippen molar-refractivity contribution < 1.29 is 28.2 Å². The maximum Gasteiger partial charge on any atom is 0.343 e. The van der Waals surface area contributed by atoms with Crippen LogP contribution in [-0.2, 0) is 4.74 Å². The summed E-state index contributed by atoms with van der Waals surface area (Å²) in [5.41, 5.74) is 0.140. The fraction of sp³-hybridized carbons (Fsp3) is 0.622. The van der Waals surface area contributed by atoms with Gasteiger partial charge in [-0.1, -0.05) is 124 Å². The van der Waals surface area contributed by atoms with Gasteiger partial charge >= 0.3 is 11.9 Å². The number of ether oxygens (including phenoxy) is 3. The quantitative estimate of drug-likeness (QED) is 0.0683. The van der Waals surface area contributed by atoms with Crippen molar-refractivity contribution in [3.8, 4) is 11.5 Å². The van der Waals surface area contributed by atoms with E-state index in [0.717, 1.165) is 25.3 Å². The third-order valence-corrected chi connectivity index (χ3v) is 7.92. The van der Waals surface area contributed by atoms with E-state index in [1.54, 1.807) is 24.3 Å². The number of hydrogen-bond acceptors (Lipinski definition) is 5. The number of carbonyl (C=O) groups excluding carboxylic acids is 2. The molecule has 0 amide bonds. The van der Waals surface area contributed by atoms with Gasteiger partial charge in [-0.25, -0.2) is 14.0 Å². The summed E-state index contributed by atoms with van der Waals surface area (Å²) in [4.78, 5) is 24.6. The van der Waals surface area contributed by atoms with Crippen LogP contribution >= 0.6 is 0 Å². The Morgan fingerprint density at radius 2 is 1.19 bits per heavy atom. The van der Waals surface area contributed by atoms with Crippen molar-refractivity contribution in [2.75, 3.05) is 13.2 Å². The molecular weight excluding hydrogens is 543 g/mol. The minimum atomic E-state index is -0.794. The molecule has 0 aliphatic carbocycles. The number of hydrogen-bond donors (Lipinski definition) is 0. The van der Waals surface area contributed by atoms with Gasteiger partial charge in [-0.2, -0.15) is 0 Å². The molecule has 0 N–H and O–H groups in total. The lowest BCUT2D eigenvalue weighted by molar-refractivity contribution is 0.0441. The Morgan fingerprint density at radius 1 is 0.674 bits per heavy atom. The molecule has 2 rings (SSSR count). The standard InChI is InChI=1S/C37H55FO5/c1-4-6-7-8-9-10-11-12-13-14-15-16-17-18-19-20-27-41-32-23-21-31(22-24-32)36(39)43-33-25-26-34(35(38)28-33)37(40)42-29-30(3)5-2/h21-26,28,30H,4-20,27,29H2,1-3H3. The molecule has 0 saturated carbocycles. The Balaban J connectivity index is 1.54. The lowest BCUT2D eigenvalue weighted by Gasteiger charge is -2.11. The van der Waals surface area contributed by atoms with Gasteiger partial charge in [0, 0.05) is 6.07 Å². The van der Waals surface area contributed by atoms with Crippen molar-refractivity contribution in [1.29, 1.82) is 0 Å². The zero-order chi connectivity index (χ0) is 31.1. The normalized spacial score (nSPS) is 11.7. The number of halogens is 1. The highest BCUT2D eigenvalue weighted by molar-refractivity contribution is 5.92. The third-order valence-electron chi connectivity index (χ3n) is 7.92. The van der Waals surface area contributed by atoms with E-state index >= 15 is 0 Å². The van der Waals surface area contributed by atoms with Gasteiger partial charge in [-0.3, -0.25) is 0 Å². The third kappa shape index (κ3) is 16.0. The molecule has 1 atom stereocenters. The highest BCUT2D eigenvalue weighted by Gasteiger charge is 2.17. The monoisotopic (exact) mass is 598 g/mol. The van der Waals surface area contributed by atoms with Crippen molar-refractivity contribution in [3.63, 3.8) is 0 Å². The lowest BCUT2D eigenvalue weighted by atomic mass is 10.0. The second-order valence-electron chi connectivity index (χ2n) is 11.8. The summed E-state index contributed by atoms with van der Waals surface area (Å²) in [6.45, 7) is 7.09. The highest BCUT2D eigenvalue weighted by Crippen LogP contribution is 2.21. The van der Waals surface area contributed by atoms with Gasteiger partial charge in [0.25, 0.3) is 0 Å². The molecule has 2 aromatic carbocycles. The molecule has 0 saturated heterocycles. The molecule has 43 heavy (non-hydrogen) atoms. The van der Waals surface area contributed by atoms with E-state index in [9.17, 15) is 14.0 Å². The van der Waals surface area contributed by atoms with Crippen molar-refractivity contribution in [2.45, 2.75) is 130 Å². The first-order chi connectivity index (χ1) is 20.9. The SMILES string of the molecule is CCCCCCCCCCCCCCCCCCOc1ccc(C(=O)Oc2ccc(C(=O)OCC(C)CC)c(F)c2)cc1. The van der Waals surface area contributed by atoms with Crippen molar-refractivity contribution in [1.82, 2.24) is 0 Å². The van der Waals surface area contributed by atoms with Crippen molar-refractivity contribution in [3.05, 3.63) is 59.4 Å².